The normalized spacial score (nSPS) is 11.2. The summed E-state index contributed by atoms with van der Waals surface area (Å²) in [4.78, 5) is 0. The van der Waals surface area contributed by atoms with Gasteiger partial charge in [-0.05, 0) is 41.2 Å². The average Bonchev–Trinajstić information content (AvgIpc) is 2.60. The van der Waals surface area contributed by atoms with Crippen molar-refractivity contribution in [2.75, 3.05) is 0 Å². The van der Waals surface area contributed by atoms with Crippen LogP contribution >= 0.6 is 0 Å². The highest BCUT2D eigenvalue weighted by molar-refractivity contribution is 5.49. The Morgan fingerprint density at radius 2 is 1.16 bits per heavy atom. The second-order valence-electron chi connectivity index (χ2n) is 6.78. The summed E-state index contributed by atoms with van der Waals surface area (Å²) >= 11 is 0. The Morgan fingerprint density at radius 1 is 0.720 bits per heavy atom. The molecule has 0 unspecified atom stereocenters. The maximum atomic E-state index is 10.3. The van der Waals surface area contributed by atoms with E-state index < -0.39 is 0 Å². The molecule has 0 aliphatic heterocycles. The topological polar surface area (TPSA) is 40.5 Å². The third kappa shape index (κ3) is 3.85. The van der Waals surface area contributed by atoms with Crippen LogP contribution < -0.4 is 0 Å². The zero-order valence-electron chi connectivity index (χ0n) is 14.7. The van der Waals surface area contributed by atoms with Crippen LogP contribution in [0, 0.1) is 0 Å². The molecule has 0 bridgehead atoms. The van der Waals surface area contributed by atoms with Crippen LogP contribution in [0.25, 0.3) is 0 Å². The zero-order chi connectivity index (χ0) is 17.8. The summed E-state index contributed by atoms with van der Waals surface area (Å²) in [5.41, 5.74) is 3.98. The molecule has 2 N–H and O–H groups in total. The maximum absolute atomic E-state index is 10.3. The molecule has 128 valence electrons. The van der Waals surface area contributed by atoms with Crippen molar-refractivity contribution in [2.45, 2.75) is 32.1 Å². The Kier molecular flexibility index (Phi) is 5.08. The van der Waals surface area contributed by atoms with Crippen LogP contribution in [0.3, 0.4) is 0 Å². The Bertz CT molecular complexity index is 761. The SMILES string of the molecule is CC(C)c1c(O)cc(CC(c2ccccc2)c2ccccc2)cc1O. The summed E-state index contributed by atoms with van der Waals surface area (Å²) in [6, 6.07) is 24.3. The number of aromatic hydroxyl groups is 2. The summed E-state index contributed by atoms with van der Waals surface area (Å²) in [5.74, 6) is 0.592. The van der Waals surface area contributed by atoms with Crippen molar-refractivity contribution in [1.82, 2.24) is 0 Å². The molecule has 2 nitrogen and oxygen atoms in total. The van der Waals surface area contributed by atoms with Gasteiger partial charge in [0.15, 0.2) is 0 Å². The third-order valence-electron chi connectivity index (χ3n) is 4.62. The van der Waals surface area contributed by atoms with Crippen molar-refractivity contribution in [3.8, 4) is 11.5 Å². The summed E-state index contributed by atoms with van der Waals surface area (Å²) in [6.45, 7) is 3.93. The van der Waals surface area contributed by atoms with E-state index in [1.807, 2.05) is 50.2 Å². The molecular formula is C23H24O2. The van der Waals surface area contributed by atoms with E-state index in [9.17, 15) is 10.2 Å². The van der Waals surface area contributed by atoms with Gasteiger partial charge in [0.25, 0.3) is 0 Å². The summed E-state index contributed by atoms with van der Waals surface area (Å²) < 4.78 is 0. The third-order valence-corrected chi connectivity index (χ3v) is 4.62. The Labute approximate surface area is 149 Å². The van der Waals surface area contributed by atoms with Gasteiger partial charge in [0.05, 0.1) is 0 Å². The fraction of sp³-hybridized carbons (Fsp3) is 0.217. The molecule has 0 spiro atoms. The van der Waals surface area contributed by atoms with Crippen LogP contribution in [0.15, 0.2) is 72.8 Å². The van der Waals surface area contributed by atoms with Gasteiger partial charge in [-0.2, -0.15) is 0 Å². The van der Waals surface area contributed by atoms with E-state index in [0.29, 0.717) is 12.0 Å². The lowest BCUT2D eigenvalue weighted by Gasteiger charge is -2.20. The highest BCUT2D eigenvalue weighted by Gasteiger charge is 2.18. The molecular weight excluding hydrogens is 308 g/mol. The second-order valence-corrected chi connectivity index (χ2v) is 6.78. The van der Waals surface area contributed by atoms with Gasteiger partial charge in [0, 0.05) is 11.5 Å². The first-order valence-electron chi connectivity index (χ1n) is 8.71. The van der Waals surface area contributed by atoms with Crippen LogP contribution in [-0.4, -0.2) is 10.2 Å². The Morgan fingerprint density at radius 3 is 1.56 bits per heavy atom. The fourth-order valence-electron chi connectivity index (χ4n) is 3.42. The molecule has 0 heterocycles. The molecule has 0 atom stereocenters. The van der Waals surface area contributed by atoms with Crippen molar-refractivity contribution in [3.63, 3.8) is 0 Å². The molecule has 2 heteroatoms. The first-order chi connectivity index (χ1) is 12.1. The van der Waals surface area contributed by atoms with Gasteiger partial charge in [-0.25, -0.2) is 0 Å². The molecule has 0 fully saturated rings. The van der Waals surface area contributed by atoms with Crippen molar-refractivity contribution < 1.29 is 10.2 Å². The lowest BCUT2D eigenvalue weighted by atomic mass is 9.85. The number of phenols is 2. The highest BCUT2D eigenvalue weighted by Crippen LogP contribution is 2.37. The van der Waals surface area contributed by atoms with Crippen molar-refractivity contribution in [3.05, 3.63) is 95.1 Å². The number of benzene rings is 3. The standard InChI is InChI=1S/C23H24O2/c1-16(2)23-21(24)14-17(15-22(23)25)13-20(18-9-5-3-6-10-18)19-11-7-4-8-12-19/h3-12,14-16,20,24-25H,13H2,1-2H3. The van der Waals surface area contributed by atoms with Gasteiger partial charge in [-0.3, -0.25) is 0 Å². The van der Waals surface area contributed by atoms with E-state index >= 15 is 0 Å². The summed E-state index contributed by atoms with van der Waals surface area (Å²) in [6.07, 6.45) is 0.716. The number of hydrogen-bond acceptors (Lipinski definition) is 2. The smallest absolute Gasteiger partial charge is 0.123 e. The number of hydrogen-bond donors (Lipinski definition) is 2. The van der Waals surface area contributed by atoms with Crippen LogP contribution in [-0.2, 0) is 6.42 Å². The van der Waals surface area contributed by atoms with Crippen LogP contribution in [0.1, 0.15) is 47.9 Å². The lowest BCUT2D eigenvalue weighted by Crippen LogP contribution is -2.05. The summed E-state index contributed by atoms with van der Waals surface area (Å²) in [7, 11) is 0. The first kappa shape index (κ1) is 17.1. The minimum Gasteiger partial charge on any atom is -0.508 e. The van der Waals surface area contributed by atoms with Gasteiger partial charge >= 0.3 is 0 Å². The van der Waals surface area contributed by atoms with E-state index in [1.165, 1.54) is 11.1 Å². The molecule has 0 amide bonds. The number of rotatable bonds is 5. The molecule has 0 aliphatic carbocycles. The predicted octanol–water partition coefficient (Wildman–Crippen LogP) is 5.60. The molecule has 0 saturated heterocycles. The van der Waals surface area contributed by atoms with Gasteiger partial charge in [0.2, 0.25) is 0 Å². The van der Waals surface area contributed by atoms with Gasteiger partial charge < -0.3 is 10.2 Å². The largest absolute Gasteiger partial charge is 0.508 e. The van der Waals surface area contributed by atoms with Crippen LogP contribution in [0.5, 0.6) is 11.5 Å². The molecule has 0 aromatic heterocycles. The summed E-state index contributed by atoms with van der Waals surface area (Å²) in [5, 5.41) is 20.7. The highest BCUT2D eigenvalue weighted by atomic mass is 16.3. The molecule has 0 aliphatic rings. The lowest BCUT2D eigenvalue weighted by molar-refractivity contribution is 0.432. The van der Waals surface area contributed by atoms with Crippen molar-refractivity contribution in [2.24, 2.45) is 0 Å². The average molecular weight is 332 g/mol. The van der Waals surface area contributed by atoms with Gasteiger partial charge in [0.1, 0.15) is 11.5 Å². The molecule has 3 aromatic rings. The molecule has 3 rings (SSSR count). The zero-order valence-corrected chi connectivity index (χ0v) is 14.7. The maximum Gasteiger partial charge on any atom is 0.123 e. The molecule has 25 heavy (non-hydrogen) atoms. The molecule has 0 radical (unpaired) electrons. The van der Waals surface area contributed by atoms with E-state index in [1.54, 1.807) is 12.1 Å². The van der Waals surface area contributed by atoms with Crippen LogP contribution in [0.2, 0.25) is 0 Å². The minimum absolute atomic E-state index is 0.0769. The Balaban J connectivity index is 1.99. The van der Waals surface area contributed by atoms with Crippen molar-refractivity contribution >= 4 is 0 Å². The van der Waals surface area contributed by atoms with Gasteiger partial charge in [-0.15, -0.1) is 0 Å². The fourth-order valence-corrected chi connectivity index (χ4v) is 3.42. The van der Waals surface area contributed by atoms with E-state index in [2.05, 4.69) is 24.3 Å². The van der Waals surface area contributed by atoms with E-state index in [4.69, 9.17) is 0 Å². The predicted molar refractivity (Wildman–Crippen MR) is 102 cm³/mol. The van der Waals surface area contributed by atoms with Gasteiger partial charge in [-0.1, -0.05) is 74.5 Å². The quantitative estimate of drug-likeness (QED) is 0.639. The van der Waals surface area contributed by atoms with Crippen molar-refractivity contribution in [1.29, 1.82) is 0 Å². The number of phenolic OH excluding ortho intramolecular Hbond substituents is 2. The second kappa shape index (κ2) is 7.43. The van der Waals surface area contributed by atoms with E-state index in [0.717, 1.165) is 5.56 Å². The first-order valence-corrected chi connectivity index (χ1v) is 8.71. The molecule has 3 aromatic carbocycles. The molecule has 0 saturated carbocycles. The minimum atomic E-state index is 0.0769. The monoisotopic (exact) mass is 332 g/mol. The van der Waals surface area contributed by atoms with Crippen LogP contribution in [0.4, 0.5) is 0 Å². The Hall–Kier alpha value is -2.74. The van der Waals surface area contributed by atoms with E-state index in [-0.39, 0.29) is 23.3 Å².